The first-order valence-corrected chi connectivity index (χ1v) is 9.00. The smallest absolute Gasteiger partial charge is 0.315 e. The zero-order chi connectivity index (χ0) is 16.7. The normalized spacial score (nSPS) is 25.2. The molecule has 0 aromatic carbocycles. The lowest BCUT2D eigenvalue weighted by atomic mass is 10.0. The zero-order valence-corrected chi connectivity index (χ0v) is 13.9. The highest BCUT2D eigenvalue weighted by Gasteiger charge is 2.42. The number of rotatable bonds is 9. The molecule has 128 valence electrons. The first-order valence-electron chi connectivity index (χ1n) is 7.95. The molecule has 0 radical (unpaired) electrons. The summed E-state index contributed by atoms with van der Waals surface area (Å²) < 4.78 is 0. The third kappa shape index (κ3) is 5.46. The van der Waals surface area contributed by atoms with Gasteiger partial charge < -0.3 is 21.3 Å². The number of thioether (sulfide) groups is 1. The van der Waals surface area contributed by atoms with Crippen molar-refractivity contribution in [3.05, 3.63) is 12.7 Å². The Morgan fingerprint density at radius 1 is 1.26 bits per heavy atom. The number of hydrogen-bond acceptors (Lipinski definition) is 4. The number of fused-ring (bicyclic) bond motifs is 1. The fourth-order valence-electron chi connectivity index (χ4n) is 2.82. The highest BCUT2D eigenvalue weighted by Crippen LogP contribution is 2.33. The fraction of sp³-hybridized carbons (Fsp3) is 0.667. The Morgan fingerprint density at radius 3 is 2.83 bits per heavy atom. The van der Waals surface area contributed by atoms with Crippen molar-refractivity contribution in [3.63, 3.8) is 0 Å². The van der Waals surface area contributed by atoms with Crippen LogP contribution in [0.5, 0.6) is 0 Å². The molecular weight excluding hydrogens is 316 g/mol. The zero-order valence-electron chi connectivity index (χ0n) is 13.1. The van der Waals surface area contributed by atoms with Gasteiger partial charge in [0.05, 0.1) is 12.1 Å². The lowest BCUT2D eigenvalue weighted by Gasteiger charge is -2.16. The number of amides is 4. The minimum Gasteiger partial charge on any atom is -0.354 e. The van der Waals surface area contributed by atoms with Crippen LogP contribution in [-0.2, 0) is 9.59 Å². The van der Waals surface area contributed by atoms with E-state index in [0.717, 1.165) is 25.0 Å². The van der Waals surface area contributed by atoms with Crippen LogP contribution in [0.3, 0.4) is 0 Å². The molecule has 4 N–H and O–H groups in total. The number of urea groups is 1. The molecule has 0 aromatic rings. The molecule has 2 aliphatic heterocycles. The van der Waals surface area contributed by atoms with Gasteiger partial charge in [-0.05, 0) is 18.9 Å². The standard InChI is InChI=1S/C15H24N4O3S/c1-2-12(20)16-7-8-17-13(21)6-4-3-5-11-14-10(9-23-11)18-15(22)19-14/h2,10-11,14H,1,3-9H2,(H,16,20)(H,17,21)(H2,18,19,22)/t10-,11-,14-/m0/s1. The van der Waals surface area contributed by atoms with Crippen molar-refractivity contribution in [2.45, 2.75) is 43.0 Å². The second-order valence-corrected chi connectivity index (χ2v) is 6.98. The van der Waals surface area contributed by atoms with Gasteiger partial charge in [-0.25, -0.2) is 4.79 Å². The Balaban J connectivity index is 1.50. The summed E-state index contributed by atoms with van der Waals surface area (Å²) in [6.45, 7) is 4.19. The van der Waals surface area contributed by atoms with E-state index < -0.39 is 0 Å². The van der Waals surface area contributed by atoms with Gasteiger partial charge in [-0.2, -0.15) is 11.8 Å². The number of carbonyl (C=O) groups is 3. The lowest BCUT2D eigenvalue weighted by Crippen LogP contribution is -2.36. The topological polar surface area (TPSA) is 99.3 Å². The summed E-state index contributed by atoms with van der Waals surface area (Å²) >= 11 is 1.89. The van der Waals surface area contributed by atoms with Gasteiger partial charge in [-0.1, -0.05) is 13.0 Å². The average Bonchev–Trinajstić information content (AvgIpc) is 3.07. The van der Waals surface area contributed by atoms with E-state index in [0.29, 0.717) is 24.8 Å². The van der Waals surface area contributed by atoms with E-state index in [9.17, 15) is 14.4 Å². The van der Waals surface area contributed by atoms with E-state index >= 15 is 0 Å². The summed E-state index contributed by atoms with van der Waals surface area (Å²) in [5.41, 5.74) is 0. The largest absolute Gasteiger partial charge is 0.354 e. The van der Waals surface area contributed by atoms with Gasteiger partial charge >= 0.3 is 6.03 Å². The summed E-state index contributed by atoms with van der Waals surface area (Å²) in [4.78, 5) is 33.9. The summed E-state index contributed by atoms with van der Waals surface area (Å²) in [6, 6.07) is 0.426. The SMILES string of the molecule is C=CC(=O)NCCNC(=O)CCCC[C@@H]1SC[C@@H]2NC(=O)N[C@@H]21. The monoisotopic (exact) mass is 340 g/mol. The number of hydrogen-bond donors (Lipinski definition) is 4. The van der Waals surface area contributed by atoms with Crippen molar-refractivity contribution < 1.29 is 14.4 Å². The van der Waals surface area contributed by atoms with Gasteiger partial charge in [0.25, 0.3) is 0 Å². The summed E-state index contributed by atoms with van der Waals surface area (Å²) in [5, 5.41) is 11.7. The van der Waals surface area contributed by atoms with Crippen molar-refractivity contribution in [1.82, 2.24) is 21.3 Å². The van der Waals surface area contributed by atoms with Crippen molar-refractivity contribution in [1.29, 1.82) is 0 Å². The quantitative estimate of drug-likeness (QED) is 0.272. The van der Waals surface area contributed by atoms with Crippen LogP contribution in [0, 0.1) is 0 Å². The Hall–Kier alpha value is -1.70. The van der Waals surface area contributed by atoms with E-state index in [-0.39, 0.29) is 29.9 Å². The molecule has 0 aromatic heterocycles. The molecule has 7 nitrogen and oxygen atoms in total. The molecule has 0 saturated carbocycles. The molecule has 2 heterocycles. The maximum Gasteiger partial charge on any atom is 0.315 e. The molecule has 2 saturated heterocycles. The molecule has 0 spiro atoms. The molecule has 0 aliphatic carbocycles. The first-order chi connectivity index (χ1) is 11.1. The number of carbonyl (C=O) groups excluding carboxylic acids is 3. The van der Waals surface area contributed by atoms with Crippen LogP contribution in [-0.4, -0.2) is 54.0 Å². The van der Waals surface area contributed by atoms with Gasteiger partial charge in [0.1, 0.15) is 0 Å². The lowest BCUT2D eigenvalue weighted by molar-refractivity contribution is -0.121. The molecule has 8 heteroatoms. The van der Waals surface area contributed by atoms with E-state index in [1.165, 1.54) is 6.08 Å². The van der Waals surface area contributed by atoms with Crippen molar-refractivity contribution in [2.75, 3.05) is 18.8 Å². The molecule has 2 fully saturated rings. The number of nitrogens with one attached hydrogen (secondary N) is 4. The predicted octanol–water partition coefficient (Wildman–Crippen LogP) is 0.131. The van der Waals surface area contributed by atoms with Crippen molar-refractivity contribution in [3.8, 4) is 0 Å². The van der Waals surface area contributed by atoms with Crippen LogP contribution in [0.15, 0.2) is 12.7 Å². The first kappa shape index (κ1) is 17.7. The van der Waals surface area contributed by atoms with Crippen LogP contribution >= 0.6 is 11.8 Å². The van der Waals surface area contributed by atoms with E-state index in [1.807, 2.05) is 11.8 Å². The molecule has 23 heavy (non-hydrogen) atoms. The molecule has 0 bridgehead atoms. The molecular formula is C15H24N4O3S. The second kappa shape index (κ2) is 8.81. The molecule has 4 amide bonds. The van der Waals surface area contributed by atoms with Crippen LogP contribution in [0.4, 0.5) is 4.79 Å². The van der Waals surface area contributed by atoms with Gasteiger partial charge in [-0.3, -0.25) is 9.59 Å². The predicted molar refractivity (Wildman–Crippen MR) is 90.2 cm³/mol. The second-order valence-electron chi connectivity index (χ2n) is 5.71. The van der Waals surface area contributed by atoms with Gasteiger partial charge in [0, 0.05) is 30.5 Å². The van der Waals surface area contributed by atoms with E-state index in [1.54, 1.807) is 0 Å². The van der Waals surface area contributed by atoms with Gasteiger partial charge in [0.15, 0.2) is 0 Å². The Morgan fingerprint density at radius 2 is 2.04 bits per heavy atom. The Bertz CT molecular complexity index is 472. The van der Waals surface area contributed by atoms with Crippen LogP contribution in [0.25, 0.3) is 0 Å². The summed E-state index contributed by atoms with van der Waals surface area (Å²) in [6.07, 6.45) is 4.51. The van der Waals surface area contributed by atoms with Gasteiger partial charge in [-0.15, -0.1) is 0 Å². The third-order valence-electron chi connectivity index (χ3n) is 4.01. The molecule has 2 rings (SSSR count). The summed E-state index contributed by atoms with van der Waals surface area (Å²) in [7, 11) is 0. The minimum absolute atomic E-state index is 0.00522. The average molecular weight is 340 g/mol. The van der Waals surface area contributed by atoms with E-state index in [2.05, 4.69) is 27.8 Å². The Labute approximate surface area is 140 Å². The third-order valence-corrected chi connectivity index (χ3v) is 5.52. The maximum atomic E-state index is 11.7. The maximum absolute atomic E-state index is 11.7. The Kier molecular flexibility index (Phi) is 6.76. The van der Waals surface area contributed by atoms with Crippen molar-refractivity contribution in [2.24, 2.45) is 0 Å². The summed E-state index contributed by atoms with van der Waals surface area (Å²) in [5.74, 6) is 0.732. The fourth-order valence-corrected chi connectivity index (χ4v) is 4.37. The minimum atomic E-state index is -0.236. The van der Waals surface area contributed by atoms with Crippen LogP contribution in [0.1, 0.15) is 25.7 Å². The highest BCUT2D eigenvalue weighted by molar-refractivity contribution is 8.00. The number of unbranched alkanes of at least 4 members (excludes halogenated alkanes) is 1. The van der Waals surface area contributed by atoms with Crippen molar-refractivity contribution >= 4 is 29.6 Å². The van der Waals surface area contributed by atoms with Crippen LogP contribution < -0.4 is 21.3 Å². The molecule has 0 unspecified atom stereocenters. The van der Waals surface area contributed by atoms with E-state index in [4.69, 9.17) is 0 Å². The highest BCUT2D eigenvalue weighted by atomic mass is 32.2. The van der Waals surface area contributed by atoms with Crippen LogP contribution in [0.2, 0.25) is 0 Å². The van der Waals surface area contributed by atoms with Gasteiger partial charge in [0.2, 0.25) is 11.8 Å². The molecule has 2 aliphatic rings. The molecule has 3 atom stereocenters.